The zero-order valence-electron chi connectivity index (χ0n) is 26.6. The third kappa shape index (κ3) is 4.67. The van der Waals surface area contributed by atoms with Gasteiger partial charge in [0.05, 0.1) is 35.5 Å². The van der Waals surface area contributed by atoms with E-state index in [9.17, 15) is 19.5 Å². The minimum atomic E-state index is -1.33. The Morgan fingerprint density at radius 1 is 0.894 bits per heavy atom. The molecule has 9 heteroatoms. The van der Waals surface area contributed by atoms with Gasteiger partial charge < -0.3 is 9.84 Å². The van der Waals surface area contributed by atoms with Gasteiger partial charge in [-0.2, -0.15) is 0 Å². The lowest BCUT2D eigenvalue weighted by Gasteiger charge is -2.50. The molecule has 7 rings (SSSR count). The second-order valence-electron chi connectivity index (χ2n) is 13.9. The molecule has 0 radical (unpaired) electrons. The number of hydrogen-bond donors (Lipinski definition) is 1. The zero-order valence-corrected chi connectivity index (χ0v) is 27.3. The van der Waals surface area contributed by atoms with Crippen LogP contribution < -0.4 is 9.64 Å². The van der Waals surface area contributed by atoms with Gasteiger partial charge in [-0.05, 0) is 81.0 Å². The van der Waals surface area contributed by atoms with Gasteiger partial charge in [0.1, 0.15) is 12.4 Å². The summed E-state index contributed by atoms with van der Waals surface area (Å²) < 4.78 is 5.66. The second-order valence-corrected chi connectivity index (χ2v) is 14.4. The number of allylic oxidation sites excluding steroid dienone is 2. The van der Waals surface area contributed by atoms with E-state index in [0.717, 1.165) is 11.1 Å². The predicted molar refractivity (Wildman–Crippen MR) is 177 cm³/mol. The number of rotatable bonds is 6. The van der Waals surface area contributed by atoms with Crippen molar-refractivity contribution in [3.8, 4) is 5.75 Å². The Morgan fingerprint density at radius 2 is 1.62 bits per heavy atom. The summed E-state index contributed by atoms with van der Waals surface area (Å²) in [4.78, 5) is 60.6. The van der Waals surface area contributed by atoms with Crippen molar-refractivity contribution in [2.75, 3.05) is 18.1 Å². The van der Waals surface area contributed by atoms with Gasteiger partial charge in [0, 0.05) is 16.5 Å². The molecule has 1 saturated carbocycles. The summed E-state index contributed by atoms with van der Waals surface area (Å²) in [7, 11) is 0. The molecule has 0 aromatic heterocycles. The highest BCUT2D eigenvalue weighted by molar-refractivity contribution is 6.32. The molecule has 242 valence electrons. The van der Waals surface area contributed by atoms with Crippen LogP contribution in [0.4, 0.5) is 5.69 Å². The van der Waals surface area contributed by atoms with Crippen molar-refractivity contribution in [3.05, 3.63) is 107 Å². The van der Waals surface area contributed by atoms with Crippen molar-refractivity contribution in [2.45, 2.75) is 50.5 Å². The maximum absolute atomic E-state index is 15.2. The average molecular weight is 653 g/mol. The molecule has 1 N–H and O–H groups in total. The fourth-order valence-corrected chi connectivity index (χ4v) is 8.88. The van der Waals surface area contributed by atoms with Crippen molar-refractivity contribution in [1.82, 2.24) is 4.90 Å². The number of fused-ring (bicyclic) bond motifs is 4. The lowest BCUT2D eigenvalue weighted by Crippen LogP contribution is -2.53. The molecule has 3 fully saturated rings. The van der Waals surface area contributed by atoms with Crippen LogP contribution in [0.5, 0.6) is 5.75 Å². The molecule has 6 unspecified atom stereocenters. The lowest BCUT2D eigenvalue weighted by atomic mass is 9.49. The summed E-state index contributed by atoms with van der Waals surface area (Å²) in [6.45, 7) is 5.59. The van der Waals surface area contributed by atoms with E-state index < -0.39 is 40.5 Å². The summed E-state index contributed by atoms with van der Waals surface area (Å²) in [6, 6.07) is 23.6. The van der Waals surface area contributed by atoms with Crippen LogP contribution in [0.3, 0.4) is 0 Å². The minimum absolute atomic E-state index is 0.130. The van der Waals surface area contributed by atoms with Crippen molar-refractivity contribution in [1.29, 1.82) is 0 Å². The predicted octanol–water partition coefficient (Wildman–Crippen LogP) is 5.67. The zero-order chi connectivity index (χ0) is 33.2. The first-order valence-electron chi connectivity index (χ1n) is 16.1. The maximum atomic E-state index is 15.2. The smallest absolute Gasteiger partial charge is 0.246 e. The summed E-state index contributed by atoms with van der Waals surface area (Å²) in [5.41, 5.74) is 0.776. The first kappa shape index (κ1) is 31.3. The van der Waals surface area contributed by atoms with Gasteiger partial charge in [0.25, 0.3) is 0 Å². The van der Waals surface area contributed by atoms with Crippen LogP contribution in [-0.2, 0) is 24.6 Å². The fraction of sp³-hybridized carbons (Fsp3) is 0.368. The Morgan fingerprint density at radius 3 is 2.28 bits per heavy atom. The number of nitrogens with zero attached hydrogens (tertiary/aromatic N) is 2. The van der Waals surface area contributed by atoms with Gasteiger partial charge in [-0.15, -0.1) is 0 Å². The summed E-state index contributed by atoms with van der Waals surface area (Å²) in [6.07, 6.45) is 2.68. The van der Waals surface area contributed by atoms with E-state index in [1.54, 1.807) is 36.4 Å². The molecule has 0 spiro atoms. The number of aliphatic hydroxyl groups is 1. The van der Waals surface area contributed by atoms with E-state index in [-0.39, 0.29) is 43.3 Å². The molecule has 0 bridgehead atoms. The molecule has 4 aliphatic rings. The van der Waals surface area contributed by atoms with Gasteiger partial charge in [0.15, 0.2) is 0 Å². The molecule has 4 amide bonds. The summed E-state index contributed by atoms with van der Waals surface area (Å²) in [5, 5.41) is 9.68. The Hall–Kier alpha value is -4.27. The van der Waals surface area contributed by atoms with Crippen LogP contribution >= 0.6 is 11.6 Å². The van der Waals surface area contributed by atoms with Gasteiger partial charge in [-0.1, -0.05) is 71.8 Å². The Balaban J connectivity index is 1.46. The van der Waals surface area contributed by atoms with Crippen molar-refractivity contribution in [2.24, 2.45) is 23.7 Å². The number of likely N-dealkylation sites (tertiary alicyclic amines) is 1. The third-order valence-electron chi connectivity index (χ3n) is 10.4. The summed E-state index contributed by atoms with van der Waals surface area (Å²) >= 11 is 6.38. The van der Waals surface area contributed by atoms with Crippen LogP contribution in [0.1, 0.15) is 50.7 Å². The first-order valence-corrected chi connectivity index (χ1v) is 16.5. The number of imide groups is 2. The van der Waals surface area contributed by atoms with Gasteiger partial charge in [-0.25, -0.2) is 4.90 Å². The third-order valence-corrected chi connectivity index (χ3v) is 10.6. The SMILES string of the molecule is CC(C)(C)N1C(=O)C2CC=C3C(CC4C(=O)N(c5cccc(Cl)c5)C(=O)C4(c4ccccc4)C3c3ccc(OCCO)cc3)C2C1=O. The van der Waals surface area contributed by atoms with Crippen LogP contribution in [0.25, 0.3) is 0 Å². The van der Waals surface area contributed by atoms with E-state index in [0.29, 0.717) is 28.4 Å². The monoisotopic (exact) mass is 652 g/mol. The van der Waals surface area contributed by atoms with Crippen LogP contribution in [0.2, 0.25) is 5.02 Å². The number of halogens is 1. The first-order chi connectivity index (χ1) is 22.5. The van der Waals surface area contributed by atoms with E-state index in [1.807, 2.05) is 63.2 Å². The number of hydrogen-bond acceptors (Lipinski definition) is 6. The molecule has 2 saturated heterocycles. The van der Waals surface area contributed by atoms with Crippen LogP contribution in [0.15, 0.2) is 90.5 Å². The molecule has 6 atom stereocenters. The highest BCUT2D eigenvalue weighted by Gasteiger charge is 2.70. The fourth-order valence-electron chi connectivity index (χ4n) is 8.70. The molecule has 3 aromatic rings. The quantitative estimate of drug-likeness (QED) is 0.272. The molecule has 3 aromatic carbocycles. The summed E-state index contributed by atoms with van der Waals surface area (Å²) in [5.74, 6) is -3.55. The number of amides is 4. The highest BCUT2D eigenvalue weighted by Crippen LogP contribution is 2.64. The van der Waals surface area contributed by atoms with Gasteiger partial charge in [-0.3, -0.25) is 24.1 Å². The molecular weight excluding hydrogens is 616 g/mol. The van der Waals surface area contributed by atoms with E-state index in [2.05, 4.69) is 6.08 Å². The van der Waals surface area contributed by atoms with E-state index in [4.69, 9.17) is 16.3 Å². The van der Waals surface area contributed by atoms with E-state index >= 15 is 4.79 Å². The minimum Gasteiger partial charge on any atom is -0.491 e. The van der Waals surface area contributed by atoms with Crippen molar-refractivity contribution < 1.29 is 29.0 Å². The molecular formula is C38H37ClN2O6. The van der Waals surface area contributed by atoms with Gasteiger partial charge in [0.2, 0.25) is 23.6 Å². The number of ether oxygens (including phenoxy) is 1. The number of anilines is 1. The van der Waals surface area contributed by atoms with Crippen molar-refractivity contribution >= 4 is 40.9 Å². The molecule has 8 nitrogen and oxygen atoms in total. The largest absolute Gasteiger partial charge is 0.491 e. The number of carbonyl (C=O) groups is 4. The topological polar surface area (TPSA) is 104 Å². The second kappa shape index (κ2) is 11.5. The van der Waals surface area contributed by atoms with Gasteiger partial charge >= 0.3 is 0 Å². The Bertz CT molecular complexity index is 1800. The number of aliphatic hydroxyl groups excluding tert-OH is 1. The molecule has 2 aliphatic heterocycles. The Labute approximate surface area is 279 Å². The van der Waals surface area contributed by atoms with E-state index in [1.165, 1.54) is 9.80 Å². The van der Waals surface area contributed by atoms with Crippen LogP contribution in [0, 0.1) is 23.7 Å². The number of benzene rings is 3. The van der Waals surface area contributed by atoms with Crippen LogP contribution in [-0.4, -0.2) is 52.4 Å². The lowest BCUT2D eigenvalue weighted by molar-refractivity contribution is -0.145. The maximum Gasteiger partial charge on any atom is 0.246 e. The normalized spacial score (nSPS) is 28.6. The highest BCUT2D eigenvalue weighted by atomic mass is 35.5. The van der Waals surface area contributed by atoms with Crippen molar-refractivity contribution in [3.63, 3.8) is 0 Å². The molecule has 2 aliphatic carbocycles. The molecule has 2 heterocycles. The number of carbonyl (C=O) groups excluding carboxylic acids is 4. The molecule has 47 heavy (non-hydrogen) atoms. The standard InChI is InChI=1S/C38H37ClN2O6/c1-37(2,3)41-33(43)28-17-16-27-29(31(28)35(41)45)21-30-34(44)40(25-11-7-10-24(39)20-25)36(46)38(30,23-8-5-4-6-9-23)32(27)22-12-14-26(15-13-22)47-19-18-42/h4-16,20,28-32,42H,17-19,21H2,1-3H3. The average Bonchev–Trinajstić information content (AvgIpc) is 3.45. The Kier molecular flexibility index (Phi) is 7.64.